The Balaban J connectivity index is 1.30. The van der Waals surface area contributed by atoms with E-state index in [9.17, 15) is 14.4 Å². The molecule has 0 unspecified atom stereocenters. The highest BCUT2D eigenvalue weighted by Crippen LogP contribution is 2.31. The Morgan fingerprint density at radius 1 is 1.02 bits per heavy atom. The van der Waals surface area contributed by atoms with Crippen molar-refractivity contribution in [1.29, 1.82) is 0 Å². The molecule has 5 rings (SSSR count). The third-order valence-corrected chi connectivity index (χ3v) is 10.2. The van der Waals surface area contributed by atoms with Crippen molar-refractivity contribution in [2.24, 2.45) is 4.99 Å². The Labute approximate surface area is 289 Å². The van der Waals surface area contributed by atoms with Crippen LogP contribution in [-0.4, -0.2) is 102 Å². The van der Waals surface area contributed by atoms with Crippen molar-refractivity contribution in [2.75, 3.05) is 39.3 Å². The largest absolute Gasteiger partial charge is 0.455 e. The summed E-state index contributed by atoms with van der Waals surface area (Å²) in [5, 5.41) is 4.89. The van der Waals surface area contributed by atoms with Crippen LogP contribution in [0.25, 0.3) is 0 Å². The van der Waals surface area contributed by atoms with E-state index in [-0.39, 0.29) is 30.4 Å². The molecule has 0 bridgehead atoms. The number of hydrogen-bond donors (Lipinski definition) is 1. The standard InChI is InChI=1S/C37H53N5O5S/c1-27-33(28-14-7-5-8-15-28)46-35(38-27)41-23-24-42(31(26-41)32(43)19-18-29-16-13-25-48-29)34(44)30(39-36(45)47-37(2,3)4)17-9-12-22-40-20-10-6-11-21-40/h5,7-8,13-16,25,27,30-31,33H,6,9-12,17-24,26H2,1-4H3,(H,39,45)/t27-,30+,31-,33+/m0/s1. The zero-order chi connectivity index (χ0) is 34.1. The summed E-state index contributed by atoms with van der Waals surface area (Å²) >= 11 is 1.63. The minimum absolute atomic E-state index is 0.00572. The van der Waals surface area contributed by atoms with Crippen LogP contribution < -0.4 is 5.32 Å². The van der Waals surface area contributed by atoms with Gasteiger partial charge in [-0.2, -0.15) is 0 Å². The number of thiophene rings is 1. The Hall–Kier alpha value is -3.44. The van der Waals surface area contributed by atoms with Crippen molar-refractivity contribution >= 4 is 35.1 Å². The van der Waals surface area contributed by atoms with Gasteiger partial charge in [0.1, 0.15) is 23.8 Å². The lowest BCUT2D eigenvalue weighted by molar-refractivity contribution is -0.144. The Kier molecular flexibility index (Phi) is 12.5. The molecule has 0 spiro atoms. The van der Waals surface area contributed by atoms with Crippen LogP contribution in [0.5, 0.6) is 0 Å². The van der Waals surface area contributed by atoms with Gasteiger partial charge in [0, 0.05) is 30.9 Å². The molecular formula is C37H53N5O5S. The van der Waals surface area contributed by atoms with Gasteiger partial charge in [-0.15, -0.1) is 11.3 Å². The second-order valence-corrected chi connectivity index (χ2v) is 15.3. The molecule has 1 aromatic carbocycles. The lowest BCUT2D eigenvalue weighted by atomic mass is 10.00. The fraction of sp³-hybridized carbons (Fsp3) is 0.622. The van der Waals surface area contributed by atoms with Crippen LogP contribution in [0.15, 0.2) is 52.8 Å². The van der Waals surface area contributed by atoms with Gasteiger partial charge in [0.05, 0.1) is 6.04 Å². The quantitative estimate of drug-likeness (QED) is 0.282. The maximum absolute atomic E-state index is 14.4. The number of aliphatic imine (C=N–C) groups is 1. The molecule has 262 valence electrons. The summed E-state index contributed by atoms with van der Waals surface area (Å²) in [5.74, 6) is -0.244. The highest BCUT2D eigenvalue weighted by Gasteiger charge is 2.41. The van der Waals surface area contributed by atoms with E-state index in [1.54, 1.807) is 37.0 Å². The predicted molar refractivity (Wildman–Crippen MR) is 189 cm³/mol. The molecule has 0 aliphatic carbocycles. The lowest BCUT2D eigenvalue weighted by Crippen LogP contribution is -2.62. The molecule has 2 aromatic rings. The van der Waals surface area contributed by atoms with Crippen molar-refractivity contribution in [2.45, 2.75) is 109 Å². The number of rotatable bonds is 12. The van der Waals surface area contributed by atoms with Crippen LogP contribution in [0.4, 0.5) is 4.79 Å². The average molecular weight is 680 g/mol. The van der Waals surface area contributed by atoms with Crippen molar-refractivity contribution in [3.8, 4) is 0 Å². The van der Waals surface area contributed by atoms with Gasteiger partial charge in [0.15, 0.2) is 5.78 Å². The van der Waals surface area contributed by atoms with Crippen LogP contribution >= 0.6 is 11.3 Å². The molecule has 1 N–H and O–H groups in total. The third kappa shape index (κ3) is 10.0. The van der Waals surface area contributed by atoms with E-state index in [2.05, 4.69) is 10.2 Å². The number of piperidine rings is 1. The van der Waals surface area contributed by atoms with Crippen molar-refractivity contribution in [1.82, 2.24) is 20.0 Å². The van der Waals surface area contributed by atoms with Gasteiger partial charge in [-0.1, -0.05) is 42.8 Å². The van der Waals surface area contributed by atoms with E-state index < -0.39 is 23.8 Å². The number of hydrogen-bond acceptors (Lipinski definition) is 9. The number of likely N-dealkylation sites (tertiary alicyclic amines) is 1. The zero-order valence-electron chi connectivity index (χ0n) is 29.1. The molecule has 11 heteroatoms. The van der Waals surface area contributed by atoms with E-state index in [1.807, 2.05) is 59.7 Å². The summed E-state index contributed by atoms with van der Waals surface area (Å²) in [6, 6.07) is 13.0. The topological polar surface area (TPSA) is 104 Å². The van der Waals surface area contributed by atoms with Crippen LogP contribution in [0, 0.1) is 0 Å². The number of unbranched alkanes of at least 4 members (excludes halogenated alkanes) is 1. The van der Waals surface area contributed by atoms with Crippen LogP contribution in [0.3, 0.4) is 0 Å². The van der Waals surface area contributed by atoms with Gasteiger partial charge in [0.25, 0.3) is 6.02 Å². The number of ketones is 1. The first-order chi connectivity index (χ1) is 23.1. The van der Waals surface area contributed by atoms with Crippen LogP contribution in [0.1, 0.15) is 89.2 Å². The number of carbonyl (C=O) groups excluding carboxylic acids is 3. The molecule has 0 radical (unpaired) electrons. The molecular weight excluding hydrogens is 627 g/mol. The number of ether oxygens (including phenoxy) is 2. The fourth-order valence-electron chi connectivity index (χ4n) is 6.77. The van der Waals surface area contributed by atoms with Gasteiger partial charge in [-0.25, -0.2) is 9.79 Å². The minimum Gasteiger partial charge on any atom is -0.455 e. The highest BCUT2D eigenvalue weighted by atomic mass is 32.1. The number of nitrogens with zero attached hydrogens (tertiary/aromatic N) is 4. The first-order valence-corrected chi connectivity index (χ1v) is 18.6. The van der Waals surface area contributed by atoms with E-state index in [0.717, 1.165) is 42.9 Å². The number of benzene rings is 1. The van der Waals surface area contributed by atoms with Crippen LogP contribution in [-0.2, 0) is 25.5 Å². The molecule has 4 heterocycles. The Bertz CT molecular complexity index is 1370. The lowest BCUT2D eigenvalue weighted by Gasteiger charge is -2.42. The summed E-state index contributed by atoms with van der Waals surface area (Å²) in [6.07, 6.45) is 6.07. The Morgan fingerprint density at radius 2 is 1.79 bits per heavy atom. The normalized spacial score (nSPS) is 22.5. The number of amidine groups is 1. The molecule has 2 amide bonds. The summed E-state index contributed by atoms with van der Waals surface area (Å²) in [4.78, 5) is 53.5. The second-order valence-electron chi connectivity index (χ2n) is 14.2. The van der Waals surface area contributed by atoms with E-state index >= 15 is 0 Å². The first kappa shape index (κ1) is 35.9. The van der Waals surface area contributed by atoms with E-state index in [0.29, 0.717) is 38.4 Å². The molecule has 0 saturated carbocycles. The minimum atomic E-state index is -0.789. The van der Waals surface area contributed by atoms with E-state index in [4.69, 9.17) is 14.5 Å². The summed E-state index contributed by atoms with van der Waals surface area (Å²) in [7, 11) is 0. The fourth-order valence-corrected chi connectivity index (χ4v) is 7.48. The predicted octanol–water partition coefficient (Wildman–Crippen LogP) is 5.83. The average Bonchev–Trinajstić information content (AvgIpc) is 3.74. The number of alkyl carbamates (subject to hydrolysis) is 1. The summed E-state index contributed by atoms with van der Waals surface area (Å²) < 4.78 is 12.0. The van der Waals surface area contributed by atoms with Crippen molar-refractivity contribution in [3.05, 3.63) is 58.3 Å². The van der Waals surface area contributed by atoms with Gasteiger partial charge < -0.3 is 29.5 Å². The van der Waals surface area contributed by atoms with Crippen molar-refractivity contribution in [3.63, 3.8) is 0 Å². The number of piperazine rings is 1. The molecule has 10 nitrogen and oxygen atoms in total. The molecule has 3 aliphatic heterocycles. The second kappa shape index (κ2) is 16.8. The van der Waals surface area contributed by atoms with Gasteiger partial charge in [-0.05, 0) is 103 Å². The first-order valence-electron chi connectivity index (χ1n) is 17.7. The third-order valence-electron chi connectivity index (χ3n) is 9.27. The number of carbonyl (C=O) groups is 3. The number of nitrogens with one attached hydrogen (secondary N) is 1. The molecule has 3 aliphatic rings. The smallest absolute Gasteiger partial charge is 0.408 e. The number of aryl methyl sites for hydroxylation is 1. The Morgan fingerprint density at radius 3 is 2.50 bits per heavy atom. The van der Waals surface area contributed by atoms with Gasteiger partial charge >= 0.3 is 6.09 Å². The monoisotopic (exact) mass is 679 g/mol. The SMILES string of the molecule is C[C@@H]1N=C(N2CCN(C(=O)[C@@H](CCCCN3CCCCC3)NC(=O)OC(C)(C)C)[C@H](C(=O)CCc3cccs3)C2)O[C@H]1c1ccccc1. The van der Waals surface area contributed by atoms with E-state index in [1.165, 1.54) is 19.3 Å². The molecule has 2 saturated heterocycles. The highest BCUT2D eigenvalue weighted by molar-refractivity contribution is 7.09. The van der Waals surface area contributed by atoms with Gasteiger partial charge in [0.2, 0.25) is 5.91 Å². The number of Topliss-reactive ketones (excluding diaryl/α,β-unsaturated/α-hetero) is 1. The summed E-state index contributed by atoms with van der Waals surface area (Å²) in [6.45, 7) is 11.8. The molecule has 2 fully saturated rings. The molecule has 1 aromatic heterocycles. The maximum Gasteiger partial charge on any atom is 0.408 e. The summed E-state index contributed by atoms with van der Waals surface area (Å²) in [5.41, 5.74) is 0.353. The zero-order valence-corrected chi connectivity index (χ0v) is 29.9. The van der Waals surface area contributed by atoms with Crippen molar-refractivity contribution < 1.29 is 23.9 Å². The molecule has 4 atom stereocenters. The number of amides is 2. The van der Waals surface area contributed by atoms with Gasteiger partial charge in [-0.3, -0.25) is 9.59 Å². The van der Waals surface area contributed by atoms with Crippen LogP contribution in [0.2, 0.25) is 0 Å². The maximum atomic E-state index is 14.4. The molecule has 48 heavy (non-hydrogen) atoms.